The van der Waals surface area contributed by atoms with Crippen molar-refractivity contribution in [3.8, 4) is 0 Å². The second kappa shape index (κ2) is 6.81. The molecule has 1 aromatic rings. The molecule has 23 heavy (non-hydrogen) atoms. The maximum Gasteiger partial charge on any atom is 0.424 e. The average Bonchev–Trinajstić information content (AvgIpc) is 2.88. The van der Waals surface area contributed by atoms with Gasteiger partial charge in [-0.2, -0.15) is 13.2 Å². The Balaban J connectivity index is 1.99. The van der Waals surface area contributed by atoms with Crippen molar-refractivity contribution in [3.63, 3.8) is 0 Å². The minimum Gasteiger partial charge on any atom is -0.374 e. The summed E-state index contributed by atoms with van der Waals surface area (Å²) in [5.74, 6) is 0.863. The minimum absolute atomic E-state index is 0.106. The largest absolute Gasteiger partial charge is 0.424 e. The first kappa shape index (κ1) is 18.3. The Bertz CT molecular complexity index is 517. The Labute approximate surface area is 135 Å². The fourth-order valence-corrected chi connectivity index (χ4v) is 3.33. The number of aryl methyl sites for hydroxylation is 1. The van der Waals surface area contributed by atoms with E-state index in [1.165, 1.54) is 24.0 Å². The SMILES string of the molecule is C[C@@H]1CC[C@H](NCC[C@@](O)(c2nccn2C)C(F)(F)F)C[C@H]1C. The molecule has 132 valence electrons. The highest BCUT2D eigenvalue weighted by molar-refractivity contribution is 5.08. The average molecular weight is 333 g/mol. The van der Waals surface area contributed by atoms with Gasteiger partial charge in [0.15, 0.2) is 0 Å². The summed E-state index contributed by atoms with van der Waals surface area (Å²) in [5.41, 5.74) is -2.92. The molecule has 2 rings (SSSR count). The van der Waals surface area contributed by atoms with Crippen molar-refractivity contribution in [1.29, 1.82) is 0 Å². The third kappa shape index (κ3) is 3.88. The van der Waals surface area contributed by atoms with Gasteiger partial charge in [-0.15, -0.1) is 0 Å². The van der Waals surface area contributed by atoms with E-state index in [1.807, 2.05) is 0 Å². The number of aromatic nitrogens is 2. The van der Waals surface area contributed by atoms with Crippen LogP contribution in [0.4, 0.5) is 13.2 Å². The molecule has 0 radical (unpaired) electrons. The van der Waals surface area contributed by atoms with Gasteiger partial charge in [-0.05, 0) is 37.6 Å². The third-order valence-electron chi connectivity index (χ3n) is 5.18. The van der Waals surface area contributed by atoms with Crippen LogP contribution in [0.15, 0.2) is 12.4 Å². The van der Waals surface area contributed by atoms with Crippen LogP contribution in [-0.4, -0.2) is 33.4 Å². The van der Waals surface area contributed by atoms with Crippen LogP contribution in [0, 0.1) is 11.8 Å². The summed E-state index contributed by atoms with van der Waals surface area (Å²) >= 11 is 0. The van der Waals surface area contributed by atoms with Gasteiger partial charge in [0.05, 0.1) is 0 Å². The molecule has 7 heteroatoms. The predicted octanol–water partition coefficient (Wildman–Crippen LogP) is 2.97. The number of rotatable bonds is 5. The number of imidazole rings is 1. The van der Waals surface area contributed by atoms with E-state index in [4.69, 9.17) is 0 Å². The maximum absolute atomic E-state index is 13.4. The third-order valence-corrected chi connectivity index (χ3v) is 5.18. The molecule has 0 aliphatic heterocycles. The summed E-state index contributed by atoms with van der Waals surface area (Å²) < 4.78 is 41.4. The van der Waals surface area contributed by atoms with Gasteiger partial charge < -0.3 is 15.0 Å². The molecule has 0 saturated heterocycles. The quantitative estimate of drug-likeness (QED) is 0.871. The molecule has 1 fully saturated rings. The molecule has 0 unspecified atom stereocenters. The van der Waals surface area contributed by atoms with E-state index in [1.54, 1.807) is 0 Å². The highest BCUT2D eigenvalue weighted by atomic mass is 19.4. The maximum atomic E-state index is 13.4. The van der Waals surface area contributed by atoms with Crippen molar-refractivity contribution in [2.45, 2.75) is 57.3 Å². The number of alkyl halides is 3. The van der Waals surface area contributed by atoms with Crippen molar-refractivity contribution in [2.24, 2.45) is 18.9 Å². The zero-order chi connectivity index (χ0) is 17.3. The summed E-state index contributed by atoms with van der Waals surface area (Å²) in [6.45, 7) is 4.50. The van der Waals surface area contributed by atoms with Crippen LogP contribution in [0.5, 0.6) is 0 Å². The molecule has 1 aliphatic rings. The molecule has 4 atom stereocenters. The van der Waals surface area contributed by atoms with E-state index < -0.39 is 18.2 Å². The van der Waals surface area contributed by atoms with Crippen LogP contribution in [0.1, 0.15) is 45.4 Å². The molecular formula is C16H26F3N3O. The Morgan fingerprint density at radius 2 is 2.00 bits per heavy atom. The molecule has 0 bridgehead atoms. The molecule has 1 aliphatic carbocycles. The Morgan fingerprint density at radius 1 is 1.30 bits per heavy atom. The number of hydrogen-bond acceptors (Lipinski definition) is 3. The van der Waals surface area contributed by atoms with Gasteiger partial charge >= 0.3 is 6.18 Å². The first-order chi connectivity index (χ1) is 10.6. The van der Waals surface area contributed by atoms with Gasteiger partial charge in [0.2, 0.25) is 5.60 Å². The monoisotopic (exact) mass is 333 g/mol. The van der Waals surface area contributed by atoms with Crippen LogP contribution in [0.2, 0.25) is 0 Å². The Hall–Kier alpha value is -1.08. The smallest absolute Gasteiger partial charge is 0.374 e. The van der Waals surface area contributed by atoms with Crippen molar-refractivity contribution < 1.29 is 18.3 Å². The van der Waals surface area contributed by atoms with Gasteiger partial charge in [0.1, 0.15) is 5.82 Å². The number of nitrogens with one attached hydrogen (secondary N) is 1. The Kier molecular flexibility index (Phi) is 5.41. The standard InChI is InChI=1S/C16H26F3N3O/c1-11-4-5-13(10-12(11)2)20-7-6-15(23,16(17,18)19)14-21-8-9-22(14)3/h8-9,11-13,20,23H,4-7,10H2,1-3H3/t11-,12-,13+,15-/m1/s1. The topological polar surface area (TPSA) is 50.1 Å². The van der Waals surface area contributed by atoms with Gasteiger partial charge in [-0.3, -0.25) is 0 Å². The molecular weight excluding hydrogens is 307 g/mol. The molecule has 0 spiro atoms. The van der Waals surface area contributed by atoms with Gasteiger partial charge in [-0.1, -0.05) is 13.8 Å². The molecule has 2 N–H and O–H groups in total. The minimum atomic E-state index is -4.76. The van der Waals surface area contributed by atoms with Crippen molar-refractivity contribution in [1.82, 2.24) is 14.9 Å². The van der Waals surface area contributed by atoms with E-state index in [2.05, 4.69) is 24.1 Å². The number of halogens is 3. The molecule has 1 heterocycles. The second-order valence-corrected chi connectivity index (χ2v) is 6.89. The van der Waals surface area contributed by atoms with E-state index in [0.29, 0.717) is 11.8 Å². The lowest BCUT2D eigenvalue weighted by Crippen LogP contribution is -2.47. The predicted molar refractivity (Wildman–Crippen MR) is 81.7 cm³/mol. The normalized spacial score (nSPS) is 28.6. The van der Waals surface area contributed by atoms with Crippen LogP contribution in [0.25, 0.3) is 0 Å². The summed E-state index contributed by atoms with van der Waals surface area (Å²) in [6, 6.07) is 0.222. The van der Waals surface area contributed by atoms with Gasteiger partial charge in [-0.25, -0.2) is 4.98 Å². The fraction of sp³-hybridized carbons (Fsp3) is 0.812. The highest BCUT2D eigenvalue weighted by Crippen LogP contribution is 2.40. The first-order valence-corrected chi connectivity index (χ1v) is 8.15. The van der Waals surface area contributed by atoms with E-state index in [0.717, 1.165) is 19.3 Å². The molecule has 0 aromatic carbocycles. The summed E-state index contributed by atoms with van der Waals surface area (Å²) in [5, 5.41) is 13.4. The number of hydrogen-bond donors (Lipinski definition) is 2. The van der Waals surface area contributed by atoms with Crippen LogP contribution >= 0.6 is 0 Å². The van der Waals surface area contributed by atoms with Crippen molar-refractivity contribution in [3.05, 3.63) is 18.2 Å². The zero-order valence-corrected chi connectivity index (χ0v) is 13.9. The number of nitrogens with zero attached hydrogens (tertiary/aromatic N) is 2. The number of aliphatic hydroxyl groups is 1. The van der Waals surface area contributed by atoms with E-state index in [9.17, 15) is 18.3 Å². The molecule has 0 amide bonds. The zero-order valence-electron chi connectivity index (χ0n) is 13.9. The molecule has 1 saturated carbocycles. The van der Waals surface area contributed by atoms with Crippen molar-refractivity contribution in [2.75, 3.05) is 6.54 Å². The lowest BCUT2D eigenvalue weighted by molar-refractivity contribution is -0.272. The summed E-state index contributed by atoms with van der Waals surface area (Å²) in [4.78, 5) is 3.71. The van der Waals surface area contributed by atoms with Gasteiger partial charge in [0.25, 0.3) is 0 Å². The van der Waals surface area contributed by atoms with Gasteiger partial charge in [0, 0.05) is 31.9 Å². The lowest BCUT2D eigenvalue weighted by Gasteiger charge is -2.34. The summed E-state index contributed by atoms with van der Waals surface area (Å²) in [7, 11) is 1.46. The first-order valence-electron chi connectivity index (χ1n) is 8.15. The Morgan fingerprint density at radius 3 is 2.52 bits per heavy atom. The van der Waals surface area contributed by atoms with Crippen LogP contribution in [0.3, 0.4) is 0 Å². The fourth-order valence-electron chi connectivity index (χ4n) is 3.33. The van der Waals surface area contributed by atoms with Crippen LogP contribution < -0.4 is 5.32 Å². The second-order valence-electron chi connectivity index (χ2n) is 6.89. The van der Waals surface area contributed by atoms with Crippen LogP contribution in [-0.2, 0) is 12.6 Å². The van der Waals surface area contributed by atoms with Crippen molar-refractivity contribution >= 4 is 0 Å². The lowest BCUT2D eigenvalue weighted by atomic mass is 9.79. The molecule has 1 aromatic heterocycles. The van der Waals surface area contributed by atoms with E-state index in [-0.39, 0.29) is 18.4 Å². The molecule has 4 nitrogen and oxygen atoms in total. The summed E-state index contributed by atoms with van der Waals surface area (Å²) in [6.07, 6.45) is 0.491. The van der Waals surface area contributed by atoms with E-state index >= 15 is 0 Å². The highest BCUT2D eigenvalue weighted by Gasteiger charge is 2.57.